The van der Waals surface area contributed by atoms with Gasteiger partial charge in [-0.05, 0) is 32.0 Å². The summed E-state index contributed by atoms with van der Waals surface area (Å²) in [6.45, 7) is 3.01. The average molecular weight is 313 g/mol. The summed E-state index contributed by atoms with van der Waals surface area (Å²) in [5.74, 6) is -1.57. The Morgan fingerprint density at radius 2 is 1.85 bits per heavy atom. The van der Waals surface area contributed by atoms with Gasteiger partial charge >= 0.3 is 6.18 Å². The van der Waals surface area contributed by atoms with E-state index in [9.17, 15) is 26.0 Å². The minimum atomic E-state index is -4.79. The van der Waals surface area contributed by atoms with E-state index in [2.05, 4.69) is 5.32 Å². The SMILES string of the molecule is CC(C)S(=O)(=O)CCNc1ccc(F)c(C(F)(F)F)c1. The highest BCUT2D eigenvalue weighted by atomic mass is 32.2. The van der Waals surface area contributed by atoms with Crippen LogP contribution in [-0.4, -0.2) is 26.0 Å². The van der Waals surface area contributed by atoms with Crippen LogP contribution >= 0.6 is 0 Å². The van der Waals surface area contributed by atoms with E-state index < -0.39 is 32.6 Å². The van der Waals surface area contributed by atoms with Crippen molar-refractivity contribution in [2.24, 2.45) is 0 Å². The molecule has 3 nitrogen and oxygen atoms in total. The van der Waals surface area contributed by atoms with E-state index in [1.54, 1.807) is 0 Å². The maximum atomic E-state index is 13.0. The molecule has 8 heteroatoms. The van der Waals surface area contributed by atoms with Crippen LogP contribution in [0.5, 0.6) is 0 Å². The number of hydrogen-bond acceptors (Lipinski definition) is 3. The molecular formula is C12H15F4NO2S. The van der Waals surface area contributed by atoms with Crippen LogP contribution in [0.3, 0.4) is 0 Å². The zero-order chi connectivity index (χ0) is 15.6. The zero-order valence-electron chi connectivity index (χ0n) is 11.0. The summed E-state index contributed by atoms with van der Waals surface area (Å²) < 4.78 is 73.5. The molecule has 1 rings (SSSR count). The van der Waals surface area contributed by atoms with Crippen LogP contribution in [0.1, 0.15) is 19.4 Å². The lowest BCUT2D eigenvalue weighted by molar-refractivity contribution is -0.139. The van der Waals surface area contributed by atoms with Gasteiger partial charge in [0.2, 0.25) is 0 Å². The van der Waals surface area contributed by atoms with Crippen molar-refractivity contribution < 1.29 is 26.0 Å². The van der Waals surface area contributed by atoms with Gasteiger partial charge in [0.25, 0.3) is 0 Å². The molecule has 0 saturated carbocycles. The first-order valence-corrected chi connectivity index (χ1v) is 7.58. The fraction of sp³-hybridized carbons (Fsp3) is 0.500. The Bertz CT molecular complexity index is 567. The zero-order valence-corrected chi connectivity index (χ0v) is 11.8. The predicted molar refractivity (Wildman–Crippen MR) is 68.8 cm³/mol. The van der Waals surface area contributed by atoms with Crippen molar-refractivity contribution in [2.75, 3.05) is 17.6 Å². The molecule has 0 spiro atoms. The molecular weight excluding hydrogens is 298 g/mol. The molecule has 0 radical (unpaired) electrons. The van der Waals surface area contributed by atoms with Gasteiger partial charge in [-0.2, -0.15) is 13.2 Å². The Balaban J connectivity index is 2.76. The van der Waals surface area contributed by atoms with Gasteiger partial charge in [0.15, 0.2) is 9.84 Å². The second kappa shape index (κ2) is 5.99. The molecule has 1 aromatic rings. The number of rotatable bonds is 5. The van der Waals surface area contributed by atoms with E-state index in [1.807, 2.05) is 0 Å². The largest absolute Gasteiger partial charge is 0.419 e. The molecule has 1 N–H and O–H groups in total. The molecule has 0 bridgehead atoms. The lowest BCUT2D eigenvalue weighted by Gasteiger charge is -2.12. The summed E-state index contributed by atoms with van der Waals surface area (Å²) in [5.41, 5.74) is -1.35. The van der Waals surface area contributed by atoms with Crippen LogP contribution in [0.4, 0.5) is 23.2 Å². The van der Waals surface area contributed by atoms with Crippen molar-refractivity contribution >= 4 is 15.5 Å². The number of nitrogens with one attached hydrogen (secondary N) is 1. The maximum Gasteiger partial charge on any atom is 0.419 e. The van der Waals surface area contributed by atoms with Gasteiger partial charge in [-0.3, -0.25) is 0 Å². The third-order valence-electron chi connectivity index (χ3n) is 2.71. The van der Waals surface area contributed by atoms with Crippen molar-refractivity contribution in [3.05, 3.63) is 29.6 Å². The first kappa shape index (κ1) is 16.7. The van der Waals surface area contributed by atoms with Crippen LogP contribution in [-0.2, 0) is 16.0 Å². The fourth-order valence-electron chi connectivity index (χ4n) is 1.43. The van der Waals surface area contributed by atoms with E-state index >= 15 is 0 Å². The molecule has 20 heavy (non-hydrogen) atoms. The standard InChI is InChI=1S/C12H15F4NO2S/c1-8(2)20(18,19)6-5-17-9-3-4-11(13)10(7-9)12(14,15)16/h3-4,7-8,17H,5-6H2,1-2H3. The van der Waals surface area contributed by atoms with Crippen molar-refractivity contribution in [3.8, 4) is 0 Å². The lowest BCUT2D eigenvalue weighted by Crippen LogP contribution is -2.23. The molecule has 1 aromatic carbocycles. The summed E-state index contributed by atoms with van der Waals surface area (Å²) in [6.07, 6.45) is -4.79. The molecule has 0 saturated heterocycles. The van der Waals surface area contributed by atoms with Crippen molar-refractivity contribution in [1.82, 2.24) is 0 Å². The highest BCUT2D eigenvalue weighted by Gasteiger charge is 2.34. The number of anilines is 1. The van der Waals surface area contributed by atoms with Gasteiger partial charge in [-0.1, -0.05) is 0 Å². The molecule has 0 atom stereocenters. The van der Waals surface area contributed by atoms with Crippen LogP contribution in [0, 0.1) is 5.82 Å². The maximum absolute atomic E-state index is 13.0. The fourth-order valence-corrected chi connectivity index (χ4v) is 2.28. The van der Waals surface area contributed by atoms with Crippen molar-refractivity contribution in [2.45, 2.75) is 25.3 Å². The van der Waals surface area contributed by atoms with Crippen molar-refractivity contribution in [1.29, 1.82) is 0 Å². The van der Waals surface area contributed by atoms with Gasteiger partial charge in [0, 0.05) is 12.2 Å². The number of halogens is 4. The number of sulfone groups is 1. The molecule has 114 valence electrons. The van der Waals surface area contributed by atoms with E-state index in [0.29, 0.717) is 12.1 Å². The average Bonchev–Trinajstić information content (AvgIpc) is 2.29. The lowest BCUT2D eigenvalue weighted by atomic mass is 10.2. The summed E-state index contributed by atoms with van der Waals surface area (Å²) >= 11 is 0. The second-order valence-electron chi connectivity index (χ2n) is 4.53. The molecule has 0 aliphatic carbocycles. The molecule has 0 aliphatic rings. The van der Waals surface area contributed by atoms with Crippen LogP contribution in [0.25, 0.3) is 0 Å². The van der Waals surface area contributed by atoms with Crippen LogP contribution in [0.2, 0.25) is 0 Å². The van der Waals surface area contributed by atoms with Gasteiger partial charge in [-0.15, -0.1) is 0 Å². The first-order chi connectivity index (χ1) is 9.04. The molecule has 0 heterocycles. The summed E-state index contributed by atoms with van der Waals surface area (Å²) in [4.78, 5) is 0. The topological polar surface area (TPSA) is 46.2 Å². The van der Waals surface area contributed by atoms with E-state index in [4.69, 9.17) is 0 Å². The molecule has 0 aromatic heterocycles. The monoisotopic (exact) mass is 313 g/mol. The Labute approximate surface area is 114 Å². The molecule has 0 unspecified atom stereocenters. The third kappa shape index (κ3) is 4.36. The number of alkyl halides is 3. The summed E-state index contributed by atoms with van der Waals surface area (Å²) in [6, 6.07) is 2.45. The van der Waals surface area contributed by atoms with E-state index in [0.717, 1.165) is 6.07 Å². The molecule has 0 amide bonds. The molecule has 0 fully saturated rings. The first-order valence-electron chi connectivity index (χ1n) is 5.86. The summed E-state index contributed by atoms with van der Waals surface area (Å²) in [7, 11) is -3.27. The second-order valence-corrected chi connectivity index (χ2v) is 7.21. The van der Waals surface area contributed by atoms with Crippen molar-refractivity contribution in [3.63, 3.8) is 0 Å². The van der Waals surface area contributed by atoms with Gasteiger partial charge in [0.05, 0.1) is 16.6 Å². The third-order valence-corrected chi connectivity index (χ3v) is 4.92. The minimum absolute atomic E-state index is 0.0256. The predicted octanol–water partition coefficient (Wildman–Crippen LogP) is 3.08. The highest BCUT2D eigenvalue weighted by Crippen LogP contribution is 2.32. The Kier molecular flexibility index (Phi) is 5.01. The Hall–Kier alpha value is -1.31. The van der Waals surface area contributed by atoms with E-state index in [-0.39, 0.29) is 18.0 Å². The smallest absolute Gasteiger partial charge is 0.384 e. The number of hydrogen-bond donors (Lipinski definition) is 1. The van der Waals surface area contributed by atoms with Crippen LogP contribution < -0.4 is 5.32 Å². The van der Waals surface area contributed by atoms with Crippen LogP contribution in [0.15, 0.2) is 18.2 Å². The quantitative estimate of drug-likeness (QED) is 0.850. The Morgan fingerprint density at radius 1 is 1.25 bits per heavy atom. The van der Waals surface area contributed by atoms with Gasteiger partial charge < -0.3 is 5.32 Å². The van der Waals surface area contributed by atoms with Gasteiger partial charge in [-0.25, -0.2) is 12.8 Å². The van der Waals surface area contributed by atoms with Gasteiger partial charge in [0.1, 0.15) is 5.82 Å². The normalized spacial score (nSPS) is 12.8. The molecule has 0 aliphatic heterocycles. The summed E-state index contributed by atoms with van der Waals surface area (Å²) in [5, 5.41) is 2.00. The van der Waals surface area contributed by atoms with E-state index in [1.165, 1.54) is 13.8 Å². The minimum Gasteiger partial charge on any atom is -0.384 e. The number of benzene rings is 1. The highest BCUT2D eigenvalue weighted by molar-refractivity contribution is 7.92. The Morgan fingerprint density at radius 3 is 2.35 bits per heavy atom.